The van der Waals surface area contributed by atoms with Gasteiger partial charge in [-0.05, 0) is 43.6 Å². The lowest BCUT2D eigenvalue weighted by Crippen LogP contribution is -2.44. The fraction of sp³-hybridized carbons (Fsp3) is 0.609. The lowest BCUT2D eigenvalue weighted by molar-refractivity contribution is 0.0211. The molecule has 2 saturated heterocycles. The standard InChI is InChI=1S/C23H32N4O4/c28-23(24-16-18-6-2-1-3-7-18)27-12-5-4-8-20(27)22-25-21(26-31-22)11-15-30-17-19-9-13-29-14-10-19/h1-3,6-7,19-20H,4-5,8-17H2,(H,24,28). The summed E-state index contributed by atoms with van der Waals surface area (Å²) >= 11 is 0. The molecular formula is C23H32N4O4. The van der Waals surface area contributed by atoms with Crippen LogP contribution in [0.4, 0.5) is 4.79 Å². The van der Waals surface area contributed by atoms with Gasteiger partial charge in [0.2, 0.25) is 5.89 Å². The summed E-state index contributed by atoms with van der Waals surface area (Å²) in [6.07, 6.45) is 5.60. The second-order valence-electron chi connectivity index (χ2n) is 8.28. The van der Waals surface area contributed by atoms with Crippen molar-refractivity contribution in [3.63, 3.8) is 0 Å². The van der Waals surface area contributed by atoms with Gasteiger partial charge in [-0.2, -0.15) is 4.98 Å². The van der Waals surface area contributed by atoms with Gasteiger partial charge in [0.05, 0.1) is 6.61 Å². The highest BCUT2D eigenvalue weighted by Gasteiger charge is 2.32. The maximum atomic E-state index is 12.8. The van der Waals surface area contributed by atoms with Crippen molar-refractivity contribution in [2.24, 2.45) is 5.92 Å². The summed E-state index contributed by atoms with van der Waals surface area (Å²) < 4.78 is 16.7. The molecule has 1 atom stereocenters. The molecule has 0 radical (unpaired) electrons. The van der Waals surface area contributed by atoms with Gasteiger partial charge in [-0.1, -0.05) is 35.5 Å². The van der Waals surface area contributed by atoms with Crippen LogP contribution in [-0.4, -0.2) is 54.0 Å². The second-order valence-corrected chi connectivity index (χ2v) is 8.28. The van der Waals surface area contributed by atoms with E-state index in [1.165, 1.54) is 0 Å². The molecule has 168 valence electrons. The zero-order chi connectivity index (χ0) is 21.3. The smallest absolute Gasteiger partial charge is 0.318 e. The average molecular weight is 429 g/mol. The third kappa shape index (κ3) is 6.27. The van der Waals surface area contributed by atoms with Crippen LogP contribution >= 0.6 is 0 Å². The van der Waals surface area contributed by atoms with Gasteiger partial charge in [0.15, 0.2) is 5.82 Å². The first-order valence-electron chi connectivity index (χ1n) is 11.4. The van der Waals surface area contributed by atoms with E-state index in [-0.39, 0.29) is 12.1 Å². The van der Waals surface area contributed by atoms with Crippen molar-refractivity contribution in [3.05, 3.63) is 47.6 Å². The molecule has 1 unspecified atom stereocenters. The lowest BCUT2D eigenvalue weighted by atomic mass is 10.0. The van der Waals surface area contributed by atoms with Crippen molar-refractivity contribution < 1.29 is 18.8 Å². The summed E-state index contributed by atoms with van der Waals surface area (Å²) in [5.41, 5.74) is 1.07. The molecule has 1 N–H and O–H groups in total. The maximum absolute atomic E-state index is 12.8. The fourth-order valence-corrected chi connectivity index (χ4v) is 4.14. The number of hydrogen-bond acceptors (Lipinski definition) is 6. The molecular weight excluding hydrogens is 396 g/mol. The van der Waals surface area contributed by atoms with E-state index in [9.17, 15) is 4.79 Å². The van der Waals surface area contributed by atoms with Crippen LogP contribution in [0.15, 0.2) is 34.9 Å². The third-order valence-electron chi connectivity index (χ3n) is 5.98. The Morgan fingerprint density at radius 2 is 2.00 bits per heavy atom. The first kappa shape index (κ1) is 21.8. The van der Waals surface area contributed by atoms with Crippen LogP contribution in [0.3, 0.4) is 0 Å². The number of carbonyl (C=O) groups is 1. The Kier molecular flexibility index (Phi) is 7.90. The van der Waals surface area contributed by atoms with Crippen LogP contribution < -0.4 is 5.32 Å². The van der Waals surface area contributed by atoms with Gasteiger partial charge in [-0.15, -0.1) is 0 Å². The van der Waals surface area contributed by atoms with Gasteiger partial charge in [0, 0.05) is 39.3 Å². The van der Waals surface area contributed by atoms with E-state index in [1.807, 2.05) is 35.2 Å². The van der Waals surface area contributed by atoms with E-state index in [4.69, 9.17) is 14.0 Å². The average Bonchev–Trinajstić information content (AvgIpc) is 3.30. The minimum atomic E-state index is -0.172. The Labute approximate surface area is 183 Å². The molecule has 0 saturated carbocycles. The summed E-state index contributed by atoms with van der Waals surface area (Å²) in [4.78, 5) is 19.2. The number of rotatable bonds is 8. The highest BCUT2D eigenvalue weighted by molar-refractivity contribution is 5.74. The number of nitrogens with one attached hydrogen (secondary N) is 1. The first-order chi connectivity index (χ1) is 15.3. The number of hydrogen-bond donors (Lipinski definition) is 1. The Bertz CT molecular complexity index is 807. The van der Waals surface area contributed by atoms with E-state index in [1.54, 1.807) is 0 Å². The van der Waals surface area contributed by atoms with Crippen molar-refractivity contribution in [2.45, 2.75) is 51.1 Å². The van der Waals surface area contributed by atoms with Crippen molar-refractivity contribution in [3.8, 4) is 0 Å². The zero-order valence-corrected chi connectivity index (χ0v) is 18.0. The molecule has 0 aliphatic carbocycles. The summed E-state index contributed by atoms with van der Waals surface area (Å²) in [5, 5.41) is 7.14. The van der Waals surface area contributed by atoms with Crippen LogP contribution in [0.2, 0.25) is 0 Å². The zero-order valence-electron chi connectivity index (χ0n) is 18.0. The molecule has 2 fully saturated rings. The monoisotopic (exact) mass is 428 g/mol. The van der Waals surface area contributed by atoms with Crippen LogP contribution in [-0.2, 0) is 22.4 Å². The lowest BCUT2D eigenvalue weighted by Gasteiger charge is -2.33. The molecule has 8 nitrogen and oxygen atoms in total. The third-order valence-corrected chi connectivity index (χ3v) is 5.98. The van der Waals surface area contributed by atoms with Crippen LogP contribution in [0.1, 0.15) is 55.4 Å². The van der Waals surface area contributed by atoms with Crippen molar-refractivity contribution in [1.29, 1.82) is 0 Å². The number of aromatic nitrogens is 2. The maximum Gasteiger partial charge on any atom is 0.318 e. The van der Waals surface area contributed by atoms with E-state index >= 15 is 0 Å². The number of benzene rings is 1. The van der Waals surface area contributed by atoms with E-state index in [2.05, 4.69) is 15.5 Å². The van der Waals surface area contributed by atoms with Gasteiger partial charge in [0.25, 0.3) is 0 Å². The Hall–Kier alpha value is -2.45. The number of likely N-dealkylation sites (tertiary alicyclic amines) is 1. The SMILES string of the molecule is O=C(NCc1ccccc1)N1CCCCC1c1nc(CCOCC2CCOCC2)no1. The molecule has 0 bridgehead atoms. The molecule has 3 heterocycles. The van der Waals surface area contributed by atoms with Gasteiger partial charge < -0.3 is 24.2 Å². The van der Waals surface area contributed by atoms with E-state index in [0.717, 1.165) is 57.5 Å². The van der Waals surface area contributed by atoms with Gasteiger partial charge in [-0.3, -0.25) is 0 Å². The second kappa shape index (κ2) is 11.2. The fourth-order valence-electron chi connectivity index (χ4n) is 4.14. The number of ether oxygens (including phenoxy) is 2. The topological polar surface area (TPSA) is 89.7 Å². The Morgan fingerprint density at radius 3 is 2.84 bits per heavy atom. The number of amides is 2. The summed E-state index contributed by atoms with van der Waals surface area (Å²) in [6.45, 7) is 4.19. The number of piperidine rings is 1. The molecule has 1 aromatic heterocycles. The molecule has 31 heavy (non-hydrogen) atoms. The predicted octanol–water partition coefficient (Wildman–Crippen LogP) is 3.49. The molecule has 0 spiro atoms. The molecule has 8 heteroatoms. The summed E-state index contributed by atoms with van der Waals surface area (Å²) in [6, 6.07) is 9.65. The number of urea groups is 1. The van der Waals surface area contributed by atoms with Gasteiger partial charge >= 0.3 is 6.03 Å². The van der Waals surface area contributed by atoms with E-state index in [0.29, 0.717) is 43.8 Å². The molecule has 4 rings (SSSR count). The first-order valence-corrected chi connectivity index (χ1v) is 11.4. The highest BCUT2D eigenvalue weighted by Crippen LogP contribution is 2.30. The van der Waals surface area contributed by atoms with Crippen molar-refractivity contribution in [2.75, 3.05) is 33.0 Å². The minimum absolute atomic E-state index is 0.0897. The molecule has 1 aromatic carbocycles. The molecule has 2 aliphatic heterocycles. The van der Waals surface area contributed by atoms with Gasteiger partial charge in [0.1, 0.15) is 6.04 Å². The normalized spacial score (nSPS) is 20.0. The molecule has 2 aliphatic rings. The van der Waals surface area contributed by atoms with Gasteiger partial charge in [-0.25, -0.2) is 4.79 Å². The molecule has 2 amide bonds. The summed E-state index contributed by atoms with van der Waals surface area (Å²) in [7, 11) is 0. The number of carbonyl (C=O) groups excluding carboxylic acids is 1. The quantitative estimate of drug-likeness (QED) is 0.648. The molecule has 2 aromatic rings. The van der Waals surface area contributed by atoms with Crippen molar-refractivity contribution >= 4 is 6.03 Å². The van der Waals surface area contributed by atoms with E-state index < -0.39 is 0 Å². The van der Waals surface area contributed by atoms with Crippen LogP contribution in [0.5, 0.6) is 0 Å². The summed E-state index contributed by atoms with van der Waals surface area (Å²) in [5.74, 6) is 1.74. The minimum Gasteiger partial charge on any atom is -0.381 e. The Morgan fingerprint density at radius 1 is 1.16 bits per heavy atom. The van der Waals surface area contributed by atoms with Crippen LogP contribution in [0, 0.1) is 5.92 Å². The van der Waals surface area contributed by atoms with Crippen LogP contribution in [0.25, 0.3) is 0 Å². The number of nitrogens with zero attached hydrogens (tertiary/aromatic N) is 3. The predicted molar refractivity (Wildman–Crippen MR) is 114 cm³/mol. The largest absolute Gasteiger partial charge is 0.381 e. The van der Waals surface area contributed by atoms with Crippen molar-refractivity contribution in [1.82, 2.24) is 20.4 Å². The Balaban J connectivity index is 1.26. The highest BCUT2D eigenvalue weighted by atomic mass is 16.5.